The molecule has 1 aliphatic heterocycles. The van der Waals surface area contributed by atoms with Gasteiger partial charge in [-0.15, -0.1) is 11.3 Å². The van der Waals surface area contributed by atoms with E-state index in [0.717, 1.165) is 5.69 Å². The number of nitrogens with zero attached hydrogens (tertiary/aromatic N) is 2. The number of sulfonamides is 1. The molecule has 1 aliphatic rings. The molecule has 1 fully saturated rings. The predicted octanol–water partition coefficient (Wildman–Crippen LogP) is 3.14. The normalized spacial score (nSPS) is 14.5. The maximum Gasteiger partial charge on any atom is 0.263 e. The summed E-state index contributed by atoms with van der Waals surface area (Å²) in [4.78, 5) is 18.0. The van der Waals surface area contributed by atoms with Crippen LogP contribution in [0, 0.1) is 0 Å². The van der Waals surface area contributed by atoms with Gasteiger partial charge in [0.2, 0.25) is 5.91 Å². The number of carbonyl (C=O) groups is 1. The third-order valence-electron chi connectivity index (χ3n) is 4.61. The first-order valence-electron chi connectivity index (χ1n) is 9.65. The summed E-state index contributed by atoms with van der Waals surface area (Å²) >= 11 is 1.21. The molecule has 0 atom stereocenters. The smallest absolute Gasteiger partial charge is 0.263 e. The van der Waals surface area contributed by atoms with Crippen LogP contribution in [0.4, 0.5) is 5.13 Å². The molecule has 10 heteroatoms. The van der Waals surface area contributed by atoms with Crippen LogP contribution in [-0.2, 0) is 26.0 Å². The number of hydrogen-bond acceptors (Lipinski definition) is 7. The molecular weight excluding hydrogens is 438 g/mol. The Morgan fingerprint density at radius 1 is 1.10 bits per heavy atom. The molecule has 0 bridgehead atoms. The minimum absolute atomic E-state index is 0.0397. The second-order valence-corrected chi connectivity index (χ2v) is 9.36. The van der Waals surface area contributed by atoms with Gasteiger partial charge in [-0.2, -0.15) is 0 Å². The van der Waals surface area contributed by atoms with E-state index in [1.54, 1.807) is 22.4 Å². The number of para-hydroxylation sites is 1. The first-order valence-corrected chi connectivity index (χ1v) is 12.0. The fourth-order valence-corrected chi connectivity index (χ4v) is 4.99. The molecule has 1 aromatic heterocycles. The van der Waals surface area contributed by atoms with Crippen LogP contribution in [0.5, 0.6) is 11.5 Å². The van der Waals surface area contributed by atoms with E-state index in [2.05, 4.69) is 9.71 Å². The number of hydrogen-bond donors (Lipinski definition) is 1. The quantitative estimate of drug-likeness (QED) is 0.556. The summed E-state index contributed by atoms with van der Waals surface area (Å²) in [5.74, 6) is 1.17. The molecule has 4 rings (SSSR count). The SMILES string of the molecule is O=C1COCCN1CCc1csc(NS(=O)(=O)c2ccc(Oc3ccccc3)cc2)n1. The van der Waals surface area contributed by atoms with Gasteiger partial charge in [0.1, 0.15) is 18.1 Å². The highest BCUT2D eigenvalue weighted by molar-refractivity contribution is 7.93. The third-order valence-corrected chi connectivity index (χ3v) is 6.90. The lowest BCUT2D eigenvalue weighted by Crippen LogP contribution is -2.42. The Morgan fingerprint density at radius 3 is 2.58 bits per heavy atom. The van der Waals surface area contributed by atoms with Gasteiger partial charge < -0.3 is 14.4 Å². The minimum atomic E-state index is -3.77. The summed E-state index contributed by atoms with van der Waals surface area (Å²) in [5.41, 5.74) is 0.730. The van der Waals surface area contributed by atoms with Gasteiger partial charge in [0.25, 0.3) is 10.0 Å². The first-order chi connectivity index (χ1) is 15.0. The van der Waals surface area contributed by atoms with Crippen LogP contribution in [-0.4, -0.2) is 50.5 Å². The largest absolute Gasteiger partial charge is 0.457 e. The van der Waals surface area contributed by atoms with E-state index >= 15 is 0 Å². The van der Waals surface area contributed by atoms with Gasteiger partial charge in [0.05, 0.1) is 17.2 Å². The summed E-state index contributed by atoms with van der Waals surface area (Å²) < 4.78 is 38.7. The number of rotatable bonds is 8. The van der Waals surface area contributed by atoms with Crippen molar-refractivity contribution in [3.63, 3.8) is 0 Å². The third kappa shape index (κ3) is 5.60. The average Bonchev–Trinajstić information content (AvgIpc) is 3.21. The monoisotopic (exact) mass is 459 g/mol. The Morgan fingerprint density at radius 2 is 1.84 bits per heavy atom. The van der Waals surface area contributed by atoms with Gasteiger partial charge in [-0.1, -0.05) is 18.2 Å². The molecule has 1 saturated heterocycles. The highest BCUT2D eigenvalue weighted by Crippen LogP contribution is 2.25. The zero-order valence-electron chi connectivity index (χ0n) is 16.6. The van der Waals surface area contributed by atoms with Crippen molar-refractivity contribution in [2.75, 3.05) is 31.0 Å². The molecule has 1 N–H and O–H groups in total. The molecule has 0 saturated carbocycles. The Kier molecular flexibility index (Phi) is 6.50. The number of nitrogens with one attached hydrogen (secondary N) is 1. The summed E-state index contributed by atoms with van der Waals surface area (Å²) in [6, 6.07) is 15.4. The van der Waals surface area contributed by atoms with Crippen LogP contribution >= 0.6 is 11.3 Å². The van der Waals surface area contributed by atoms with Crippen LogP contribution in [0.2, 0.25) is 0 Å². The molecule has 0 aliphatic carbocycles. The standard InChI is InChI=1S/C21H21N3O5S2/c25-20-14-28-13-12-24(20)11-10-16-15-30-21(22-16)23-31(26,27)19-8-6-18(7-9-19)29-17-4-2-1-3-5-17/h1-9,15H,10-14H2,(H,22,23). The molecular formula is C21H21N3O5S2. The maximum atomic E-state index is 12.7. The highest BCUT2D eigenvalue weighted by Gasteiger charge is 2.19. The van der Waals surface area contributed by atoms with Crippen molar-refractivity contribution in [2.45, 2.75) is 11.3 Å². The van der Waals surface area contributed by atoms with Gasteiger partial charge in [-0.25, -0.2) is 13.4 Å². The van der Waals surface area contributed by atoms with E-state index in [0.29, 0.717) is 37.6 Å². The number of ether oxygens (including phenoxy) is 2. The maximum absolute atomic E-state index is 12.7. The molecule has 0 unspecified atom stereocenters. The fourth-order valence-electron chi connectivity index (χ4n) is 2.99. The summed E-state index contributed by atoms with van der Waals surface area (Å²) in [7, 11) is -3.77. The van der Waals surface area contributed by atoms with Crippen molar-refractivity contribution in [1.29, 1.82) is 0 Å². The summed E-state index contributed by atoms with van der Waals surface area (Å²) in [6.07, 6.45) is 0.551. The number of carbonyl (C=O) groups excluding carboxylic acids is 1. The molecule has 31 heavy (non-hydrogen) atoms. The number of aromatic nitrogens is 1. The van der Waals surface area contributed by atoms with Crippen molar-refractivity contribution in [3.05, 3.63) is 65.7 Å². The number of amides is 1. The Hall–Kier alpha value is -2.95. The minimum Gasteiger partial charge on any atom is -0.457 e. The zero-order chi connectivity index (χ0) is 21.7. The van der Waals surface area contributed by atoms with Gasteiger partial charge >= 0.3 is 0 Å². The van der Waals surface area contributed by atoms with E-state index in [-0.39, 0.29) is 22.5 Å². The molecule has 0 radical (unpaired) electrons. The van der Waals surface area contributed by atoms with Crippen molar-refractivity contribution in [1.82, 2.24) is 9.88 Å². The van der Waals surface area contributed by atoms with Crippen molar-refractivity contribution >= 4 is 32.4 Å². The van der Waals surface area contributed by atoms with Gasteiger partial charge in [-0.3, -0.25) is 9.52 Å². The van der Waals surface area contributed by atoms with Gasteiger partial charge in [-0.05, 0) is 36.4 Å². The number of thiazole rings is 1. The van der Waals surface area contributed by atoms with E-state index in [1.165, 1.54) is 23.5 Å². The van der Waals surface area contributed by atoms with Crippen LogP contribution < -0.4 is 9.46 Å². The highest BCUT2D eigenvalue weighted by atomic mass is 32.2. The molecule has 2 aromatic carbocycles. The Balaban J connectivity index is 1.35. The van der Waals surface area contributed by atoms with Crippen LogP contribution in [0.1, 0.15) is 5.69 Å². The summed E-state index contributed by atoms with van der Waals surface area (Å²) in [5, 5.41) is 2.08. The number of morpholine rings is 1. The second-order valence-electron chi connectivity index (χ2n) is 6.82. The topological polar surface area (TPSA) is 97.8 Å². The molecule has 3 aromatic rings. The Bertz CT molecular complexity index is 1130. The van der Waals surface area contributed by atoms with Crippen LogP contribution in [0.25, 0.3) is 0 Å². The second kappa shape index (κ2) is 9.46. The zero-order valence-corrected chi connectivity index (χ0v) is 18.2. The number of anilines is 1. The first kappa shape index (κ1) is 21.3. The molecule has 0 spiro atoms. The van der Waals surface area contributed by atoms with Gasteiger partial charge in [0, 0.05) is 24.9 Å². The van der Waals surface area contributed by atoms with Crippen molar-refractivity contribution < 1.29 is 22.7 Å². The van der Waals surface area contributed by atoms with Crippen molar-refractivity contribution in [2.24, 2.45) is 0 Å². The predicted molar refractivity (Wildman–Crippen MR) is 117 cm³/mol. The lowest BCUT2D eigenvalue weighted by Gasteiger charge is -2.26. The average molecular weight is 460 g/mol. The van der Waals surface area contributed by atoms with E-state index < -0.39 is 10.0 Å². The molecule has 8 nitrogen and oxygen atoms in total. The van der Waals surface area contributed by atoms with Gasteiger partial charge in [0.15, 0.2) is 5.13 Å². The fraction of sp³-hybridized carbons (Fsp3) is 0.238. The lowest BCUT2D eigenvalue weighted by molar-refractivity contribution is -0.142. The van der Waals surface area contributed by atoms with E-state index in [4.69, 9.17) is 9.47 Å². The van der Waals surface area contributed by atoms with Crippen LogP contribution in [0.15, 0.2) is 64.9 Å². The van der Waals surface area contributed by atoms with Crippen molar-refractivity contribution in [3.8, 4) is 11.5 Å². The molecule has 162 valence electrons. The molecule has 2 heterocycles. The molecule has 1 amide bonds. The summed E-state index contributed by atoms with van der Waals surface area (Å²) in [6.45, 7) is 1.73. The Labute approximate surface area is 184 Å². The lowest BCUT2D eigenvalue weighted by atomic mass is 10.3. The number of benzene rings is 2. The van der Waals surface area contributed by atoms with Crippen LogP contribution in [0.3, 0.4) is 0 Å². The van der Waals surface area contributed by atoms with E-state index in [9.17, 15) is 13.2 Å². The van der Waals surface area contributed by atoms with E-state index in [1.807, 2.05) is 30.3 Å².